The molecule has 1 amide bonds. The molecule has 0 saturated carbocycles. The van der Waals surface area contributed by atoms with Crippen molar-refractivity contribution in [3.05, 3.63) is 70.7 Å². The first kappa shape index (κ1) is 19.9. The predicted octanol–water partition coefficient (Wildman–Crippen LogP) is 3.58. The highest BCUT2D eigenvalue weighted by Crippen LogP contribution is 2.27. The molecule has 0 spiro atoms. The number of rotatable bonds is 6. The number of carboxylic acids is 1. The summed E-state index contributed by atoms with van der Waals surface area (Å²) in [5.41, 5.74) is 6.17. The second-order valence-corrected chi connectivity index (χ2v) is 8.61. The standard InChI is InChI=1S/C22H24N2O3S/c1-22(2,3)16-8-6-15(7-9-16)21(27)23-24-17(11-13-20(25)26)10-12-18(24)19-5-4-14-28-19/h4-10,12,14H,11,13H2,1-3H3,(H,23,27)(H,25,26)/p-1. The van der Waals surface area contributed by atoms with Gasteiger partial charge >= 0.3 is 0 Å². The maximum absolute atomic E-state index is 12.8. The van der Waals surface area contributed by atoms with Crippen LogP contribution >= 0.6 is 11.3 Å². The number of hydrogen-bond donors (Lipinski definition) is 1. The first-order chi connectivity index (χ1) is 13.3. The first-order valence-electron chi connectivity index (χ1n) is 9.12. The van der Waals surface area contributed by atoms with E-state index in [0.29, 0.717) is 11.3 Å². The summed E-state index contributed by atoms with van der Waals surface area (Å²) in [6.07, 6.45) is 0.168. The lowest BCUT2D eigenvalue weighted by Gasteiger charge is -2.19. The molecule has 0 fully saturated rings. The van der Waals surface area contributed by atoms with Crippen molar-refractivity contribution in [2.45, 2.75) is 39.0 Å². The zero-order chi connectivity index (χ0) is 20.3. The van der Waals surface area contributed by atoms with Crippen LogP contribution in [0.4, 0.5) is 0 Å². The van der Waals surface area contributed by atoms with Crippen molar-refractivity contribution in [2.75, 3.05) is 5.43 Å². The van der Waals surface area contributed by atoms with Gasteiger partial charge < -0.3 is 9.90 Å². The van der Waals surface area contributed by atoms with E-state index in [9.17, 15) is 14.7 Å². The van der Waals surface area contributed by atoms with Crippen LogP contribution in [0.1, 0.15) is 48.8 Å². The van der Waals surface area contributed by atoms with Gasteiger partial charge in [-0.05, 0) is 59.5 Å². The van der Waals surface area contributed by atoms with Crippen LogP contribution in [0.25, 0.3) is 10.6 Å². The number of nitrogens with zero attached hydrogens (tertiary/aromatic N) is 1. The number of hydrogen-bond acceptors (Lipinski definition) is 4. The van der Waals surface area contributed by atoms with Crippen LogP contribution < -0.4 is 10.5 Å². The fraction of sp³-hybridized carbons (Fsp3) is 0.273. The third-order valence-electron chi connectivity index (χ3n) is 4.55. The van der Waals surface area contributed by atoms with E-state index < -0.39 is 5.97 Å². The van der Waals surface area contributed by atoms with E-state index in [-0.39, 0.29) is 24.2 Å². The highest BCUT2D eigenvalue weighted by molar-refractivity contribution is 7.13. The predicted molar refractivity (Wildman–Crippen MR) is 110 cm³/mol. The van der Waals surface area contributed by atoms with Crippen LogP contribution in [0.15, 0.2) is 53.9 Å². The number of nitrogens with one attached hydrogen (secondary N) is 1. The quantitative estimate of drug-likeness (QED) is 0.693. The molecule has 5 nitrogen and oxygen atoms in total. The fourth-order valence-corrected chi connectivity index (χ4v) is 3.68. The minimum atomic E-state index is -1.12. The van der Waals surface area contributed by atoms with Gasteiger partial charge in [0, 0.05) is 17.2 Å². The van der Waals surface area contributed by atoms with E-state index in [1.165, 1.54) is 0 Å². The summed E-state index contributed by atoms with van der Waals surface area (Å²) in [7, 11) is 0. The molecule has 2 heterocycles. The van der Waals surface area contributed by atoms with Crippen LogP contribution in [0.5, 0.6) is 0 Å². The van der Waals surface area contributed by atoms with Crippen LogP contribution in [-0.2, 0) is 16.6 Å². The van der Waals surface area contributed by atoms with Crippen LogP contribution in [0, 0.1) is 0 Å². The average molecular weight is 396 g/mol. The van der Waals surface area contributed by atoms with Crippen molar-refractivity contribution < 1.29 is 14.7 Å². The van der Waals surface area contributed by atoms with Crippen LogP contribution in [0.2, 0.25) is 0 Å². The number of carbonyl (C=O) groups is 2. The maximum Gasteiger partial charge on any atom is 0.270 e. The molecule has 0 atom stereocenters. The number of aliphatic carboxylic acids is 1. The van der Waals surface area contributed by atoms with Gasteiger partial charge in [-0.2, -0.15) is 0 Å². The third kappa shape index (κ3) is 4.51. The Bertz CT molecular complexity index is 964. The van der Waals surface area contributed by atoms with Crippen molar-refractivity contribution in [1.29, 1.82) is 0 Å². The van der Waals surface area contributed by atoms with E-state index in [0.717, 1.165) is 16.1 Å². The van der Waals surface area contributed by atoms with Gasteiger partial charge in [0.1, 0.15) is 0 Å². The molecule has 0 unspecified atom stereocenters. The van der Waals surface area contributed by atoms with Gasteiger partial charge in [0.2, 0.25) is 0 Å². The van der Waals surface area contributed by atoms with E-state index in [1.807, 2.05) is 53.9 Å². The van der Waals surface area contributed by atoms with Gasteiger partial charge in [-0.25, -0.2) is 0 Å². The van der Waals surface area contributed by atoms with Gasteiger partial charge in [0.05, 0.1) is 10.6 Å². The van der Waals surface area contributed by atoms with Crippen LogP contribution in [-0.4, -0.2) is 16.6 Å². The second kappa shape index (κ2) is 8.02. The third-order valence-corrected chi connectivity index (χ3v) is 5.44. The lowest BCUT2D eigenvalue weighted by Crippen LogP contribution is -2.27. The highest BCUT2D eigenvalue weighted by atomic mass is 32.1. The summed E-state index contributed by atoms with van der Waals surface area (Å²) in [6.45, 7) is 6.37. The zero-order valence-electron chi connectivity index (χ0n) is 16.2. The molecule has 3 aromatic rings. The van der Waals surface area contributed by atoms with Gasteiger partial charge in [-0.3, -0.25) is 14.9 Å². The minimum Gasteiger partial charge on any atom is -0.550 e. The molecule has 3 rings (SSSR count). The Kier molecular flexibility index (Phi) is 5.70. The molecule has 0 aliphatic rings. The van der Waals surface area contributed by atoms with E-state index in [2.05, 4.69) is 26.2 Å². The average Bonchev–Trinajstić information content (AvgIpc) is 3.29. The smallest absolute Gasteiger partial charge is 0.270 e. The van der Waals surface area contributed by atoms with E-state index in [1.54, 1.807) is 16.0 Å². The Balaban J connectivity index is 1.88. The molecular formula is C22H23N2O3S-. The zero-order valence-corrected chi connectivity index (χ0v) is 17.0. The van der Waals surface area contributed by atoms with Crippen molar-refractivity contribution in [3.8, 4) is 10.6 Å². The van der Waals surface area contributed by atoms with Gasteiger partial charge in [0.15, 0.2) is 0 Å². The number of carbonyl (C=O) groups excluding carboxylic acids is 2. The SMILES string of the molecule is CC(C)(C)c1ccc(C(=O)Nn2c(CCC(=O)[O-])ccc2-c2cccs2)cc1. The molecule has 1 aromatic carbocycles. The molecule has 2 aromatic heterocycles. The Morgan fingerprint density at radius 2 is 1.79 bits per heavy atom. The lowest BCUT2D eigenvalue weighted by atomic mass is 9.87. The number of amides is 1. The first-order valence-corrected chi connectivity index (χ1v) is 10.00. The van der Waals surface area contributed by atoms with Crippen molar-refractivity contribution in [2.24, 2.45) is 0 Å². The monoisotopic (exact) mass is 395 g/mol. The van der Waals surface area contributed by atoms with Crippen molar-refractivity contribution >= 4 is 23.2 Å². The molecule has 0 saturated heterocycles. The number of benzene rings is 1. The van der Waals surface area contributed by atoms with Gasteiger partial charge in [-0.1, -0.05) is 39.0 Å². The molecule has 28 heavy (non-hydrogen) atoms. The normalized spacial score (nSPS) is 11.4. The Hall–Kier alpha value is -2.86. The number of carboxylic acid groups (broad SMARTS) is 1. The largest absolute Gasteiger partial charge is 0.550 e. The maximum atomic E-state index is 12.8. The molecule has 6 heteroatoms. The van der Waals surface area contributed by atoms with Gasteiger partial charge in [0.25, 0.3) is 5.91 Å². The molecule has 0 bridgehead atoms. The lowest BCUT2D eigenvalue weighted by molar-refractivity contribution is -0.305. The molecule has 1 N–H and O–H groups in total. The Labute approximate surface area is 168 Å². The fourth-order valence-electron chi connectivity index (χ4n) is 2.94. The number of aryl methyl sites for hydroxylation is 1. The highest BCUT2D eigenvalue weighted by Gasteiger charge is 2.17. The minimum absolute atomic E-state index is 0.0137. The van der Waals surface area contributed by atoms with Crippen LogP contribution in [0.3, 0.4) is 0 Å². The Morgan fingerprint density at radius 1 is 1.07 bits per heavy atom. The number of aromatic nitrogens is 1. The summed E-state index contributed by atoms with van der Waals surface area (Å²) >= 11 is 1.55. The van der Waals surface area contributed by atoms with Crippen molar-refractivity contribution in [1.82, 2.24) is 4.68 Å². The molecule has 0 aliphatic carbocycles. The number of thiophene rings is 1. The molecule has 146 valence electrons. The second-order valence-electron chi connectivity index (χ2n) is 7.66. The van der Waals surface area contributed by atoms with E-state index in [4.69, 9.17) is 0 Å². The summed E-state index contributed by atoms with van der Waals surface area (Å²) < 4.78 is 1.68. The summed E-state index contributed by atoms with van der Waals surface area (Å²) in [4.78, 5) is 24.7. The Morgan fingerprint density at radius 3 is 2.36 bits per heavy atom. The topological polar surface area (TPSA) is 74.2 Å². The van der Waals surface area contributed by atoms with Gasteiger partial charge in [-0.15, -0.1) is 11.3 Å². The molecule has 0 aliphatic heterocycles. The summed E-state index contributed by atoms with van der Waals surface area (Å²) in [5, 5.41) is 12.8. The molecule has 0 radical (unpaired) electrons. The summed E-state index contributed by atoms with van der Waals surface area (Å²) in [6, 6.07) is 15.2. The molecular weight excluding hydrogens is 372 g/mol. The van der Waals surface area contributed by atoms with E-state index >= 15 is 0 Å². The van der Waals surface area contributed by atoms with Crippen molar-refractivity contribution in [3.63, 3.8) is 0 Å². The summed E-state index contributed by atoms with van der Waals surface area (Å²) in [5.74, 6) is -1.36.